The van der Waals surface area contributed by atoms with E-state index >= 15 is 0 Å². The van der Waals surface area contributed by atoms with Crippen molar-refractivity contribution in [3.63, 3.8) is 0 Å². The van der Waals surface area contributed by atoms with E-state index in [4.69, 9.17) is 16.3 Å². The first-order valence-corrected chi connectivity index (χ1v) is 8.56. The molecule has 0 saturated heterocycles. The quantitative estimate of drug-likeness (QED) is 0.542. The van der Waals surface area contributed by atoms with Gasteiger partial charge in [-0.2, -0.15) is 5.26 Å². The van der Waals surface area contributed by atoms with Gasteiger partial charge >= 0.3 is 0 Å². The maximum Gasteiger partial charge on any atom is 0.266 e. The zero-order valence-electron chi connectivity index (χ0n) is 14.0. The second kappa shape index (κ2) is 8.19. The summed E-state index contributed by atoms with van der Waals surface area (Å²) in [6, 6.07) is 11.1. The smallest absolute Gasteiger partial charge is 0.266 e. The van der Waals surface area contributed by atoms with E-state index in [0.29, 0.717) is 22.0 Å². The third-order valence-electron chi connectivity index (χ3n) is 3.55. The molecule has 0 aliphatic heterocycles. The third kappa shape index (κ3) is 4.62. The van der Waals surface area contributed by atoms with E-state index in [-0.39, 0.29) is 5.57 Å². The maximum absolute atomic E-state index is 12.5. The minimum Gasteiger partial charge on any atom is -0.495 e. The highest BCUT2D eigenvalue weighted by atomic mass is 79.9. The predicted molar refractivity (Wildman–Crippen MR) is 104 cm³/mol. The van der Waals surface area contributed by atoms with Crippen LogP contribution in [0.15, 0.2) is 40.4 Å². The molecule has 6 heteroatoms. The predicted octanol–water partition coefficient (Wildman–Crippen LogP) is 5.27. The van der Waals surface area contributed by atoms with Crippen LogP contribution >= 0.6 is 27.5 Å². The van der Waals surface area contributed by atoms with Crippen molar-refractivity contribution in [2.45, 2.75) is 13.8 Å². The average Bonchev–Trinajstić information content (AvgIpc) is 2.55. The zero-order chi connectivity index (χ0) is 18.6. The van der Waals surface area contributed by atoms with Crippen LogP contribution in [-0.2, 0) is 4.79 Å². The Balaban J connectivity index is 2.40. The van der Waals surface area contributed by atoms with Gasteiger partial charge in [-0.05, 0) is 49.2 Å². The summed E-state index contributed by atoms with van der Waals surface area (Å²) >= 11 is 9.49. The van der Waals surface area contributed by atoms with Crippen LogP contribution in [0.25, 0.3) is 6.08 Å². The number of methoxy groups -OCH3 is 1. The van der Waals surface area contributed by atoms with Crippen LogP contribution in [-0.4, -0.2) is 13.0 Å². The van der Waals surface area contributed by atoms with Crippen molar-refractivity contribution in [2.75, 3.05) is 12.4 Å². The lowest BCUT2D eigenvalue weighted by Crippen LogP contribution is -2.14. The van der Waals surface area contributed by atoms with Gasteiger partial charge in [0.2, 0.25) is 0 Å². The zero-order valence-corrected chi connectivity index (χ0v) is 16.3. The highest BCUT2D eigenvalue weighted by molar-refractivity contribution is 9.10. The minimum absolute atomic E-state index is 0.0478. The molecule has 0 bridgehead atoms. The number of halogens is 2. The summed E-state index contributed by atoms with van der Waals surface area (Å²) in [6.45, 7) is 3.83. The van der Waals surface area contributed by atoms with E-state index in [1.54, 1.807) is 12.1 Å². The maximum atomic E-state index is 12.5. The molecule has 0 radical (unpaired) electrons. The van der Waals surface area contributed by atoms with Crippen molar-refractivity contribution in [1.29, 1.82) is 5.26 Å². The number of rotatable bonds is 4. The molecule has 2 rings (SSSR count). The van der Waals surface area contributed by atoms with Crippen molar-refractivity contribution in [2.24, 2.45) is 0 Å². The lowest BCUT2D eigenvalue weighted by molar-refractivity contribution is -0.112. The van der Waals surface area contributed by atoms with Crippen LogP contribution in [0.5, 0.6) is 5.75 Å². The third-order valence-corrected chi connectivity index (χ3v) is 4.29. The Morgan fingerprint density at radius 3 is 2.68 bits per heavy atom. The lowest BCUT2D eigenvalue weighted by atomic mass is 10.1. The number of amides is 1. The van der Waals surface area contributed by atoms with E-state index < -0.39 is 5.91 Å². The van der Waals surface area contributed by atoms with Crippen LogP contribution in [0.2, 0.25) is 5.02 Å². The average molecular weight is 420 g/mol. The summed E-state index contributed by atoms with van der Waals surface area (Å²) < 4.78 is 5.99. The number of hydrogen-bond acceptors (Lipinski definition) is 3. The van der Waals surface area contributed by atoms with Crippen molar-refractivity contribution in [1.82, 2.24) is 0 Å². The van der Waals surface area contributed by atoms with E-state index in [0.717, 1.165) is 15.6 Å². The highest BCUT2D eigenvalue weighted by Gasteiger charge is 2.14. The van der Waals surface area contributed by atoms with Crippen LogP contribution in [0.1, 0.15) is 16.7 Å². The molecule has 128 valence electrons. The number of nitriles is 1. The van der Waals surface area contributed by atoms with Gasteiger partial charge in [0, 0.05) is 15.7 Å². The minimum atomic E-state index is -0.491. The Hall–Kier alpha value is -2.29. The van der Waals surface area contributed by atoms with Crippen molar-refractivity contribution in [3.05, 3.63) is 62.1 Å². The van der Waals surface area contributed by atoms with Crippen LogP contribution in [0.3, 0.4) is 0 Å². The van der Waals surface area contributed by atoms with Gasteiger partial charge in [-0.15, -0.1) is 0 Å². The molecular weight excluding hydrogens is 404 g/mol. The first kappa shape index (κ1) is 19.0. The molecule has 2 aromatic carbocycles. The van der Waals surface area contributed by atoms with E-state index in [1.165, 1.54) is 13.2 Å². The number of aryl methyl sites for hydroxylation is 2. The molecule has 0 unspecified atom stereocenters. The fourth-order valence-electron chi connectivity index (χ4n) is 2.27. The second-order valence-electron chi connectivity index (χ2n) is 5.45. The molecule has 0 spiro atoms. The summed E-state index contributed by atoms with van der Waals surface area (Å²) in [4.78, 5) is 12.5. The van der Waals surface area contributed by atoms with E-state index in [1.807, 2.05) is 38.1 Å². The molecule has 0 heterocycles. The summed E-state index contributed by atoms with van der Waals surface area (Å²) in [5.74, 6) is -0.0912. The Morgan fingerprint density at radius 2 is 2.04 bits per heavy atom. The highest BCUT2D eigenvalue weighted by Crippen LogP contribution is 2.33. The van der Waals surface area contributed by atoms with Crippen molar-refractivity contribution < 1.29 is 9.53 Å². The molecule has 0 aliphatic carbocycles. The number of nitrogens with zero attached hydrogens (tertiary/aromatic N) is 1. The first-order chi connectivity index (χ1) is 11.8. The van der Waals surface area contributed by atoms with Gasteiger partial charge in [-0.25, -0.2) is 0 Å². The molecule has 1 amide bonds. The fourth-order valence-corrected chi connectivity index (χ4v) is 3.18. The van der Waals surface area contributed by atoms with Gasteiger partial charge in [0.05, 0.1) is 12.1 Å². The topological polar surface area (TPSA) is 62.1 Å². The second-order valence-corrected chi connectivity index (χ2v) is 6.78. The van der Waals surface area contributed by atoms with Gasteiger partial charge in [-0.3, -0.25) is 4.79 Å². The SMILES string of the molecule is COc1c(Cl)cc(Br)cc1/C=C(\C#N)C(=O)Nc1cc(C)ccc1C. The standard InChI is InChI=1S/C19H16BrClN2O2/c1-11-4-5-12(2)17(6-11)23-19(24)14(10-22)7-13-8-15(20)9-16(21)18(13)25-3/h4-9H,1-3H3,(H,23,24)/b14-7+. The first-order valence-electron chi connectivity index (χ1n) is 7.39. The van der Waals surface area contributed by atoms with Crippen molar-refractivity contribution >= 4 is 45.2 Å². The normalized spacial score (nSPS) is 11.0. The molecule has 0 aromatic heterocycles. The molecule has 1 N–H and O–H groups in total. The van der Waals surface area contributed by atoms with Crippen molar-refractivity contribution in [3.8, 4) is 11.8 Å². The largest absolute Gasteiger partial charge is 0.495 e. The van der Waals surface area contributed by atoms with E-state index in [2.05, 4.69) is 21.2 Å². The van der Waals surface area contributed by atoms with Gasteiger partial charge in [-0.1, -0.05) is 39.7 Å². The van der Waals surface area contributed by atoms with Crippen LogP contribution in [0.4, 0.5) is 5.69 Å². The Morgan fingerprint density at radius 1 is 1.32 bits per heavy atom. The number of carbonyl (C=O) groups is 1. The Labute approximate surface area is 160 Å². The molecule has 25 heavy (non-hydrogen) atoms. The monoisotopic (exact) mass is 418 g/mol. The summed E-state index contributed by atoms with van der Waals surface area (Å²) in [7, 11) is 1.48. The molecule has 0 saturated carbocycles. The van der Waals surface area contributed by atoms with Gasteiger partial charge in [0.1, 0.15) is 17.4 Å². The Kier molecular flexibility index (Phi) is 6.24. The summed E-state index contributed by atoms with van der Waals surface area (Å²) in [6.07, 6.45) is 1.45. The van der Waals surface area contributed by atoms with Gasteiger partial charge in [0.15, 0.2) is 0 Å². The number of ether oxygens (including phenoxy) is 1. The number of benzene rings is 2. The summed E-state index contributed by atoms with van der Waals surface area (Å²) in [5, 5.41) is 12.6. The molecular formula is C19H16BrClN2O2. The number of anilines is 1. The molecule has 0 atom stereocenters. The molecule has 0 aliphatic rings. The number of carbonyl (C=O) groups excluding carboxylic acids is 1. The lowest BCUT2D eigenvalue weighted by Gasteiger charge is -2.10. The van der Waals surface area contributed by atoms with E-state index in [9.17, 15) is 10.1 Å². The molecule has 4 nitrogen and oxygen atoms in total. The Bertz CT molecular complexity index is 901. The molecule has 2 aromatic rings. The van der Waals surface area contributed by atoms with Crippen LogP contribution in [0, 0.1) is 25.2 Å². The number of nitrogens with one attached hydrogen (secondary N) is 1. The van der Waals surface area contributed by atoms with Gasteiger partial charge in [0.25, 0.3) is 5.91 Å². The van der Waals surface area contributed by atoms with Gasteiger partial charge < -0.3 is 10.1 Å². The fraction of sp³-hybridized carbons (Fsp3) is 0.158. The molecule has 0 fully saturated rings. The summed E-state index contributed by atoms with van der Waals surface area (Å²) in [5.41, 5.74) is 3.09. The van der Waals surface area contributed by atoms with Crippen LogP contribution < -0.4 is 10.1 Å². The number of hydrogen-bond donors (Lipinski definition) is 1.